The smallest absolute Gasteiger partial charge is 0.0839 e. The number of ether oxygens (including phenoxy) is 1. The molecule has 0 heterocycles. The highest BCUT2D eigenvalue weighted by molar-refractivity contribution is 4.75. The van der Waals surface area contributed by atoms with Crippen molar-refractivity contribution in [2.45, 2.75) is 76.8 Å². The molecule has 0 spiro atoms. The lowest BCUT2D eigenvalue weighted by Crippen LogP contribution is -2.39. The molecule has 0 aliphatic heterocycles. The molecule has 0 fully saturated rings. The van der Waals surface area contributed by atoms with Gasteiger partial charge < -0.3 is 25.2 Å². The fourth-order valence-electron chi connectivity index (χ4n) is 2.13. The first-order valence-corrected chi connectivity index (χ1v) is 7.33. The van der Waals surface area contributed by atoms with Crippen molar-refractivity contribution < 1.29 is 25.2 Å². The molecule has 19 heavy (non-hydrogen) atoms. The third kappa shape index (κ3) is 7.84. The summed E-state index contributed by atoms with van der Waals surface area (Å²) in [6.07, 6.45) is 1.48. The summed E-state index contributed by atoms with van der Waals surface area (Å²) in [5.74, 6) is 0. The Hall–Kier alpha value is -0.200. The van der Waals surface area contributed by atoms with Gasteiger partial charge in [-0.25, -0.2) is 0 Å². The van der Waals surface area contributed by atoms with Crippen molar-refractivity contribution in [3.05, 3.63) is 0 Å². The minimum Gasteiger partial charge on any atom is -0.396 e. The molecule has 0 aromatic heterocycles. The minimum atomic E-state index is -0.717. The second kappa shape index (κ2) is 11.6. The first-order chi connectivity index (χ1) is 9.10. The van der Waals surface area contributed by atoms with Crippen LogP contribution in [0.1, 0.15) is 52.4 Å². The Morgan fingerprint density at radius 1 is 0.737 bits per heavy atom. The van der Waals surface area contributed by atoms with Crippen LogP contribution < -0.4 is 0 Å². The van der Waals surface area contributed by atoms with Gasteiger partial charge >= 0.3 is 0 Å². The Labute approximate surface area is 116 Å². The van der Waals surface area contributed by atoms with E-state index in [0.717, 1.165) is 12.8 Å². The van der Waals surface area contributed by atoms with E-state index in [1.807, 2.05) is 13.8 Å². The van der Waals surface area contributed by atoms with Crippen molar-refractivity contribution in [2.75, 3.05) is 13.2 Å². The molecule has 0 aromatic rings. The molecule has 4 atom stereocenters. The zero-order chi connectivity index (χ0) is 14.7. The predicted octanol–water partition coefficient (Wildman–Crippen LogP) is 0.827. The zero-order valence-electron chi connectivity index (χ0n) is 12.2. The van der Waals surface area contributed by atoms with Crippen LogP contribution in [0.2, 0.25) is 0 Å². The summed E-state index contributed by atoms with van der Waals surface area (Å²) in [6, 6.07) is 0. The molecule has 5 nitrogen and oxygen atoms in total. The highest BCUT2D eigenvalue weighted by atomic mass is 16.5. The predicted molar refractivity (Wildman–Crippen MR) is 73.9 cm³/mol. The summed E-state index contributed by atoms with van der Waals surface area (Å²) in [6.45, 7) is 3.84. The normalized spacial score (nSPS) is 18.0. The second-order valence-corrected chi connectivity index (χ2v) is 4.95. The van der Waals surface area contributed by atoms with Crippen LogP contribution in [-0.4, -0.2) is 58.1 Å². The van der Waals surface area contributed by atoms with Gasteiger partial charge in [0.1, 0.15) is 0 Å². The van der Waals surface area contributed by atoms with Crippen LogP contribution in [0, 0.1) is 0 Å². The summed E-state index contributed by atoms with van der Waals surface area (Å²) < 4.78 is 5.84. The molecule has 5 heteroatoms. The van der Waals surface area contributed by atoms with Crippen molar-refractivity contribution in [3.63, 3.8) is 0 Å². The Morgan fingerprint density at radius 3 is 1.37 bits per heavy atom. The lowest BCUT2D eigenvalue weighted by atomic mass is 10.0. The Morgan fingerprint density at radius 2 is 1.11 bits per heavy atom. The highest BCUT2D eigenvalue weighted by Crippen LogP contribution is 2.18. The molecule has 116 valence electrons. The highest BCUT2D eigenvalue weighted by Gasteiger charge is 2.26. The minimum absolute atomic E-state index is 0.0810. The molecule has 0 radical (unpaired) electrons. The lowest BCUT2D eigenvalue weighted by molar-refractivity contribution is -0.127. The molecule has 0 aliphatic rings. The van der Waals surface area contributed by atoms with Crippen molar-refractivity contribution >= 4 is 0 Å². The Bertz CT molecular complexity index is 180. The molecule has 0 amide bonds. The maximum atomic E-state index is 9.95. The van der Waals surface area contributed by atoms with Crippen LogP contribution >= 0.6 is 0 Å². The average molecular weight is 278 g/mol. The summed E-state index contributed by atoms with van der Waals surface area (Å²) in [5, 5.41) is 37.7. The first kappa shape index (κ1) is 18.8. The molecule has 0 bridgehead atoms. The van der Waals surface area contributed by atoms with Crippen molar-refractivity contribution in [2.24, 2.45) is 0 Å². The van der Waals surface area contributed by atoms with Crippen molar-refractivity contribution in [1.29, 1.82) is 0 Å². The number of hydrogen-bond acceptors (Lipinski definition) is 5. The SMILES string of the molecule is CCCC(OC(CCC)C(O)CCO)C(O)CCO. The molecule has 0 rings (SSSR count). The van der Waals surface area contributed by atoms with Gasteiger partial charge in [-0.1, -0.05) is 26.7 Å². The average Bonchev–Trinajstić information content (AvgIpc) is 2.37. The second-order valence-electron chi connectivity index (χ2n) is 4.95. The molecule has 4 N–H and O–H groups in total. The van der Waals surface area contributed by atoms with Crippen molar-refractivity contribution in [3.8, 4) is 0 Å². The standard InChI is InChI=1S/C14H30O5/c1-3-5-13(11(17)7-9-15)19-14(6-4-2)12(18)8-10-16/h11-18H,3-10H2,1-2H3. The fraction of sp³-hybridized carbons (Fsp3) is 1.00. The van der Waals surface area contributed by atoms with E-state index in [-0.39, 0.29) is 38.3 Å². The number of rotatable bonds is 12. The summed E-state index contributed by atoms with van der Waals surface area (Å²) in [4.78, 5) is 0. The van der Waals surface area contributed by atoms with Gasteiger partial charge in [0.05, 0.1) is 24.4 Å². The summed E-state index contributed by atoms with van der Waals surface area (Å²) in [7, 11) is 0. The van der Waals surface area contributed by atoms with Gasteiger partial charge in [-0.05, 0) is 25.7 Å². The van der Waals surface area contributed by atoms with Crippen LogP contribution in [0.25, 0.3) is 0 Å². The van der Waals surface area contributed by atoms with Gasteiger partial charge in [0, 0.05) is 13.2 Å². The van der Waals surface area contributed by atoms with E-state index in [1.54, 1.807) is 0 Å². The molecular weight excluding hydrogens is 248 g/mol. The van der Waals surface area contributed by atoms with E-state index in [4.69, 9.17) is 14.9 Å². The van der Waals surface area contributed by atoms with Gasteiger partial charge in [0.2, 0.25) is 0 Å². The Kier molecular flexibility index (Phi) is 11.5. The van der Waals surface area contributed by atoms with E-state index < -0.39 is 12.2 Å². The molecule has 0 aliphatic carbocycles. The topological polar surface area (TPSA) is 90.2 Å². The number of aliphatic hydroxyl groups excluding tert-OH is 4. The largest absolute Gasteiger partial charge is 0.396 e. The quantitative estimate of drug-likeness (QED) is 0.424. The van der Waals surface area contributed by atoms with E-state index in [1.165, 1.54) is 0 Å². The van der Waals surface area contributed by atoms with Crippen molar-refractivity contribution in [1.82, 2.24) is 0 Å². The number of aliphatic hydroxyl groups is 4. The third-order valence-electron chi connectivity index (χ3n) is 3.20. The van der Waals surface area contributed by atoms with Crippen LogP contribution in [0.3, 0.4) is 0 Å². The summed E-state index contributed by atoms with van der Waals surface area (Å²) in [5.41, 5.74) is 0. The number of hydrogen-bond donors (Lipinski definition) is 4. The molecule has 0 saturated heterocycles. The monoisotopic (exact) mass is 278 g/mol. The zero-order valence-corrected chi connectivity index (χ0v) is 12.2. The molecule has 4 unspecified atom stereocenters. The lowest BCUT2D eigenvalue weighted by Gasteiger charge is -2.30. The van der Waals surface area contributed by atoms with Crippen LogP contribution in [-0.2, 0) is 4.74 Å². The fourth-order valence-corrected chi connectivity index (χ4v) is 2.13. The van der Waals surface area contributed by atoms with E-state index in [2.05, 4.69) is 0 Å². The first-order valence-electron chi connectivity index (χ1n) is 7.33. The van der Waals surface area contributed by atoms with Crippen LogP contribution in [0.4, 0.5) is 0 Å². The van der Waals surface area contributed by atoms with Gasteiger partial charge in [-0.2, -0.15) is 0 Å². The van der Waals surface area contributed by atoms with Gasteiger partial charge in [-0.3, -0.25) is 0 Å². The molecular formula is C14H30O5. The Balaban J connectivity index is 4.53. The maximum Gasteiger partial charge on any atom is 0.0839 e. The summed E-state index contributed by atoms with van der Waals surface area (Å²) >= 11 is 0. The van der Waals surface area contributed by atoms with E-state index >= 15 is 0 Å². The van der Waals surface area contributed by atoms with Gasteiger partial charge in [0.25, 0.3) is 0 Å². The van der Waals surface area contributed by atoms with Gasteiger partial charge in [0.15, 0.2) is 0 Å². The van der Waals surface area contributed by atoms with Gasteiger partial charge in [-0.15, -0.1) is 0 Å². The third-order valence-corrected chi connectivity index (χ3v) is 3.20. The van der Waals surface area contributed by atoms with Crippen LogP contribution in [0.15, 0.2) is 0 Å². The maximum absolute atomic E-state index is 9.95. The van der Waals surface area contributed by atoms with E-state index in [9.17, 15) is 10.2 Å². The van der Waals surface area contributed by atoms with E-state index in [0.29, 0.717) is 12.8 Å². The molecule has 0 aromatic carbocycles. The van der Waals surface area contributed by atoms with Crippen LogP contribution in [0.5, 0.6) is 0 Å². The molecule has 0 saturated carbocycles.